The van der Waals surface area contributed by atoms with E-state index in [2.05, 4.69) is 4.74 Å². The van der Waals surface area contributed by atoms with Gasteiger partial charge in [0.25, 0.3) is 0 Å². The second-order valence-electron chi connectivity index (χ2n) is 3.90. The summed E-state index contributed by atoms with van der Waals surface area (Å²) >= 11 is 0. The number of carbonyl (C=O) groups excluding carboxylic acids is 1. The van der Waals surface area contributed by atoms with Gasteiger partial charge in [0.2, 0.25) is 6.17 Å². The molecule has 2 unspecified atom stereocenters. The molecule has 0 aliphatic carbocycles. The van der Waals surface area contributed by atoms with Crippen molar-refractivity contribution in [1.82, 2.24) is 0 Å². The van der Waals surface area contributed by atoms with Crippen molar-refractivity contribution in [1.29, 1.82) is 0 Å². The topological polar surface area (TPSA) is 46.5 Å². The van der Waals surface area contributed by atoms with Gasteiger partial charge in [-0.2, -0.15) is 0 Å². The molecule has 0 aliphatic rings. The van der Waals surface area contributed by atoms with Crippen molar-refractivity contribution >= 4 is 5.97 Å². The molecule has 0 radical (unpaired) electrons. The molecule has 0 amide bonds. The van der Waals surface area contributed by atoms with Crippen LogP contribution in [0.25, 0.3) is 0 Å². The highest BCUT2D eigenvalue weighted by Crippen LogP contribution is 2.32. The highest BCUT2D eigenvalue weighted by molar-refractivity contribution is 5.76. The van der Waals surface area contributed by atoms with Gasteiger partial charge in [-0.05, 0) is 31.0 Å². The fourth-order valence-electron chi connectivity index (χ4n) is 1.70. The monoisotopic (exact) mass is 258 g/mol. The number of benzene rings is 1. The Morgan fingerprint density at radius 1 is 1.50 bits per heavy atom. The third kappa shape index (κ3) is 2.85. The molecule has 18 heavy (non-hydrogen) atoms. The predicted molar refractivity (Wildman–Crippen MR) is 62.1 cm³/mol. The quantitative estimate of drug-likeness (QED) is 0.824. The largest absolute Gasteiger partial charge is 0.464 e. The third-order valence-corrected chi connectivity index (χ3v) is 2.78. The standard InChI is InChI=1S/C13H16F2O3/c1-3-13(17,11(15)12(16)18-4-2)9-6-5-7-10(14)8-9/h5-8,11,17H,3-4H2,1-2H3. The van der Waals surface area contributed by atoms with E-state index < -0.39 is 23.6 Å². The van der Waals surface area contributed by atoms with Gasteiger partial charge in [0.05, 0.1) is 6.61 Å². The average molecular weight is 258 g/mol. The summed E-state index contributed by atoms with van der Waals surface area (Å²) in [6.45, 7) is 3.07. The maximum Gasteiger partial charge on any atom is 0.344 e. The number of halogens is 2. The summed E-state index contributed by atoms with van der Waals surface area (Å²) in [5, 5.41) is 10.2. The van der Waals surface area contributed by atoms with Crippen LogP contribution in [0, 0.1) is 5.82 Å². The normalized spacial score (nSPS) is 15.8. The van der Waals surface area contributed by atoms with Gasteiger partial charge in [0.15, 0.2) is 0 Å². The Morgan fingerprint density at radius 2 is 2.17 bits per heavy atom. The lowest BCUT2D eigenvalue weighted by molar-refractivity contribution is -0.162. The zero-order valence-electron chi connectivity index (χ0n) is 10.3. The molecular weight excluding hydrogens is 242 g/mol. The van der Waals surface area contributed by atoms with E-state index in [4.69, 9.17) is 0 Å². The lowest BCUT2D eigenvalue weighted by Crippen LogP contribution is -2.42. The van der Waals surface area contributed by atoms with Gasteiger partial charge in [-0.3, -0.25) is 0 Å². The van der Waals surface area contributed by atoms with Crippen LogP contribution in [0.4, 0.5) is 8.78 Å². The molecule has 0 spiro atoms. The number of esters is 1. The van der Waals surface area contributed by atoms with E-state index >= 15 is 0 Å². The van der Waals surface area contributed by atoms with Crippen LogP contribution in [0.2, 0.25) is 0 Å². The minimum absolute atomic E-state index is 0.0161. The summed E-state index contributed by atoms with van der Waals surface area (Å²) in [6, 6.07) is 4.91. The summed E-state index contributed by atoms with van der Waals surface area (Å²) in [5.74, 6) is -1.75. The number of rotatable bonds is 5. The smallest absolute Gasteiger partial charge is 0.344 e. The van der Waals surface area contributed by atoms with Crippen LogP contribution in [0.5, 0.6) is 0 Å². The van der Waals surface area contributed by atoms with E-state index in [0.29, 0.717) is 0 Å². The maximum atomic E-state index is 14.0. The molecule has 0 aromatic heterocycles. The Hall–Kier alpha value is -1.49. The number of ether oxygens (including phenoxy) is 1. The number of aliphatic hydroxyl groups is 1. The van der Waals surface area contributed by atoms with Gasteiger partial charge in [0, 0.05) is 0 Å². The van der Waals surface area contributed by atoms with Crippen molar-refractivity contribution in [2.45, 2.75) is 32.0 Å². The molecule has 1 aromatic rings. The van der Waals surface area contributed by atoms with Gasteiger partial charge >= 0.3 is 5.97 Å². The van der Waals surface area contributed by atoms with E-state index in [9.17, 15) is 18.7 Å². The molecule has 1 N–H and O–H groups in total. The van der Waals surface area contributed by atoms with Crippen LogP contribution in [0.15, 0.2) is 24.3 Å². The third-order valence-electron chi connectivity index (χ3n) is 2.78. The number of alkyl halides is 1. The van der Waals surface area contributed by atoms with Gasteiger partial charge in [-0.1, -0.05) is 19.1 Å². The molecule has 0 saturated carbocycles. The van der Waals surface area contributed by atoms with E-state index in [1.54, 1.807) is 0 Å². The van der Waals surface area contributed by atoms with Crippen molar-refractivity contribution < 1.29 is 23.4 Å². The lowest BCUT2D eigenvalue weighted by atomic mass is 9.86. The predicted octanol–water partition coefficient (Wildman–Crippen LogP) is 2.32. The molecular formula is C13H16F2O3. The fraction of sp³-hybridized carbons (Fsp3) is 0.462. The first-order valence-electron chi connectivity index (χ1n) is 5.74. The van der Waals surface area contributed by atoms with Crippen molar-refractivity contribution in [3.63, 3.8) is 0 Å². The molecule has 100 valence electrons. The van der Waals surface area contributed by atoms with Gasteiger partial charge in [0.1, 0.15) is 11.4 Å². The molecule has 1 rings (SSSR count). The van der Waals surface area contributed by atoms with Crippen molar-refractivity contribution in [2.75, 3.05) is 6.61 Å². The minimum Gasteiger partial charge on any atom is -0.464 e. The highest BCUT2D eigenvalue weighted by atomic mass is 19.1. The van der Waals surface area contributed by atoms with Crippen LogP contribution in [-0.2, 0) is 15.1 Å². The van der Waals surface area contributed by atoms with E-state index in [1.807, 2.05) is 0 Å². The molecule has 2 atom stereocenters. The van der Waals surface area contributed by atoms with Gasteiger partial charge < -0.3 is 9.84 Å². The number of hydrogen-bond donors (Lipinski definition) is 1. The Balaban J connectivity index is 3.08. The van der Waals surface area contributed by atoms with E-state index in [1.165, 1.54) is 32.0 Å². The molecule has 0 aliphatic heterocycles. The van der Waals surface area contributed by atoms with Crippen LogP contribution in [0.3, 0.4) is 0 Å². The minimum atomic E-state index is -2.25. The zero-order chi connectivity index (χ0) is 13.8. The summed E-state index contributed by atoms with van der Waals surface area (Å²) in [6.07, 6.45) is -2.32. The van der Waals surface area contributed by atoms with Crippen LogP contribution in [-0.4, -0.2) is 23.9 Å². The molecule has 5 heteroatoms. The van der Waals surface area contributed by atoms with Crippen molar-refractivity contribution in [2.24, 2.45) is 0 Å². The van der Waals surface area contributed by atoms with Gasteiger partial charge in [-0.15, -0.1) is 0 Å². The van der Waals surface area contributed by atoms with Crippen molar-refractivity contribution in [3.8, 4) is 0 Å². The molecule has 0 fully saturated rings. The fourth-order valence-corrected chi connectivity index (χ4v) is 1.70. The average Bonchev–Trinajstić information content (AvgIpc) is 2.37. The number of carbonyl (C=O) groups is 1. The molecule has 3 nitrogen and oxygen atoms in total. The maximum absolute atomic E-state index is 14.0. The Labute approximate surface area is 104 Å². The zero-order valence-corrected chi connectivity index (χ0v) is 10.3. The molecule has 0 saturated heterocycles. The molecule has 0 heterocycles. The van der Waals surface area contributed by atoms with Crippen molar-refractivity contribution in [3.05, 3.63) is 35.6 Å². The molecule has 0 bridgehead atoms. The van der Waals surface area contributed by atoms with Crippen LogP contribution < -0.4 is 0 Å². The van der Waals surface area contributed by atoms with Crippen LogP contribution in [0.1, 0.15) is 25.8 Å². The summed E-state index contributed by atoms with van der Waals surface area (Å²) in [5.41, 5.74) is -2.06. The molecule has 1 aromatic carbocycles. The SMILES string of the molecule is CCOC(=O)C(F)C(O)(CC)c1cccc(F)c1. The summed E-state index contributed by atoms with van der Waals surface area (Å²) < 4.78 is 31.6. The summed E-state index contributed by atoms with van der Waals surface area (Å²) in [4.78, 5) is 11.4. The Kier molecular flexibility index (Phi) is 4.78. The Morgan fingerprint density at radius 3 is 2.67 bits per heavy atom. The number of hydrogen-bond acceptors (Lipinski definition) is 3. The second kappa shape index (κ2) is 5.91. The lowest BCUT2D eigenvalue weighted by Gasteiger charge is -2.29. The Bertz CT molecular complexity index is 422. The first kappa shape index (κ1) is 14.6. The van der Waals surface area contributed by atoms with Gasteiger partial charge in [-0.25, -0.2) is 13.6 Å². The highest BCUT2D eigenvalue weighted by Gasteiger charge is 2.43. The van der Waals surface area contributed by atoms with E-state index in [0.717, 1.165) is 6.07 Å². The second-order valence-corrected chi connectivity index (χ2v) is 3.90. The first-order valence-corrected chi connectivity index (χ1v) is 5.74. The van der Waals surface area contributed by atoms with E-state index in [-0.39, 0.29) is 18.6 Å². The summed E-state index contributed by atoms with van der Waals surface area (Å²) in [7, 11) is 0. The van der Waals surface area contributed by atoms with Crippen LogP contribution >= 0.6 is 0 Å². The first-order chi connectivity index (χ1) is 8.45.